The van der Waals surface area contributed by atoms with Crippen molar-refractivity contribution in [2.24, 2.45) is 9.98 Å². The number of rotatable bonds is 6. The molecular weight excluding hydrogens is 528 g/mol. The minimum absolute atomic E-state index is 0.0833. The second-order valence-corrected chi connectivity index (χ2v) is 10.2. The second kappa shape index (κ2) is 11.6. The molecule has 0 spiro atoms. The summed E-state index contributed by atoms with van der Waals surface area (Å²) in [5, 5.41) is 1.02. The van der Waals surface area contributed by atoms with Gasteiger partial charge in [0.2, 0.25) is 5.43 Å². The van der Waals surface area contributed by atoms with Crippen molar-refractivity contribution in [3.63, 3.8) is 0 Å². The van der Waals surface area contributed by atoms with Gasteiger partial charge in [-0.05, 0) is 24.3 Å². The number of benzene rings is 6. The molecule has 43 heavy (non-hydrogen) atoms. The summed E-state index contributed by atoms with van der Waals surface area (Å²) < 4.78 is 6.36. The Morgan fingerprint density at radius 2 is 0.744 bits per heavy atom. The van der Waals surface area contributed by atoms with E-state index >= 15 is 0 Å². The molecule has 0 radical (unpaired) electrons. The molecule has 0 atom stereocenters. The molecule has 0 aliphatic rings. The fraction of sp³-hybridized carbons (Fsp3) is 0. The Kier molecular flexibility index (Phi) is 7.00. The Hall–Kier alpha value is -5.87. The molecule has 0 N–H and O–H groups in total. The zero-order valence-electron chi connectivity index (χ0n) is 23.2. The minimum atomic E-state index is -0.0833. The first kappa shape index (κ1) is 26.1. The maximum atomic E-state index is 13.5. The molecule has 0 bridgehead atoms. The summed E-state index contributed by atoms with van der Waals surface area (Å²) in [4.78, 5) is 23.5. The van der Waals surface area contributed by atoms with E-state index in [4.69, 9.17) is 14.4 Å². The van der Waals surface area contributed by atoms with Crippen molar-refractivity contribution in [1.29, 1.82) is 0 Å². The van der Waals surface area contributed by atoms with Crippen molar-refractivity contribution < 1.29 is 4.42 Å². The van der Waals surface area contributed by atoms with Gasteiger partial charge in [-0.2, -0.15) is 0 Å². The first-order valence-electron chi connectivity index (χ1n) is 14.1. The quantitative estimate of drug-likeness (QED) is 0.152. The average molecular weight is 555 g/mol. The fourth-order valence-electron chi connectivity index (χ4n) is 5.20. The summed E-state index contributed by atoms with van der Waals surface area (Å²) in [6.07, 6.45) is 0. The zero-order chi connectivity index (χ0) is 29.0. The van der Waals surface area contributed by atoms with E-state index in [2.05, 4.69) is 0 Å². The molecule has 0 saturated heterocycles. The normalized spacial score (nSPS) is 10.9. The lowest BCUT2D eigenvalue weighted by molar-refractivity contribution is 0.660. The monoisotopic (exact) mass is 554 g/mol. The minimum Gasteiger partial charge on any atom is -0.456 e. The van der Waals surface area contributed by atoms with Crippen molar-refractivity contribution >= 4 is 44.7 Å². The number of hydrogen-bond donors (Lipinski definition) is 0. The number of fused-ring (bicyclic) bond motifs is 2. The highest BCUT2D eigenvalue weighted by Gasteiger charge is 2.12. The number of nitrogens with zero attached hydrogens (tertiary/aromatic N) is 2. The van der Waals surface area contributed by atoms with E-state index in [1.807, 2.05) is 146 Å². The third-order valence-corrected chi connectivity index (χ3v) is 7.31. The van der Waals surface area contributed by atoms with Crippen molar-refractivity contribution in [2.75, 3.05) is 0 Å². The van der Waals surface area contributed by atoms with Gasteiger partial charge in [-0.1, -0.05) is 121 Å². The Morgan fingerprint density at radius 3 is 1.07 bits per heavy atom. The largest absolute Gasteiger partial charge is 0.456 e. The molecule has 4 heteroatoms. The van der Waals surface area contributed by atoms with Gasteiger partial charge in [0.15, 0.2) is 0 Å². The van der Waals surface area contributed by atoms with Crippen molar-refractivity contribution in [1.82, 2.24) is 0 Å². The lowest BCUT2D eigenvalue weighted by Gasteiger charge is -2.09. The summed E-state index contributed by atoms with van der Waals surface area (Å²) >= 11 is 0. The van der Waals surface area contributed by atoms with Crippen LogP contribution in [-0.2, 0) is 0 Å². The predicted octanol–water partition coefficient (Wildman–Crippen LogP) is 9.28. The summed E-state index contributed by atoms with van der Waals surface area (Å²) in [7, 11) is 0. The van der Waals surface area contributed by atoms with E-state index in [-0.39, 0.29) is 5.43 Å². The molecule has 0 fully saturated rings. The van der Waals surface area contributed by atoms with Gasteiger partial charge in [-0.15, -0.1) is 0 Å². The first-order chi connectivity index (χ1) is 21.2. The summed E-state index contributed by atoms with van der Waals surface area (Å²) in [5.74, 6) is 0. The molecule has 6 aromatic carbocycles. The van der Waals surface area contributed by atoms with Gasteiger partial charge >= 0.3 is 0 Å². The van der Waals surface area contributed by atoms with Crippen LogP contribution < -0.4 is 5.43 Å². The highest BCUT2D eigenvalue weighted by atomic mass is 16.3. The van der Waals surface area contributed by atoms with Gasteiger partial charge in [0, 0.05) is 34.4 Å². The van der Waals surface area contributed by atoms with E-state index in [0.717, 1.165) is 33.7 Å². The third kappa shape index (κ3) is 5.42. The molecule has 7 rings (SSSR count). The zero-order valence-corrected chi connectivity index (χ0v) is 23.2. The molecule has 7 aromatic rings. The van der Waals surface area contributed by atoms with Crippen LogP contribution in [0.15, 0.2) is 177 Å². The average Bonchev–Trinajstić information content (AvgIpc) is 3.07. The lowest BCUT2D eigenvalue weighted by atomic mass is 10.0. The smallest absolute Gasteiger partial charge is 0.200 e. The van der Waals surface area contributed by atoms with E-state index < -0.39 is 0 Å². The van der Waals surface area contributed by atoms with Crippen molar-refractivity contribution in [2.45, 2.75) is 0 Å². The maximum absolute atomic E-state index is 13.5. The van der Waals surface area contributed by atoms with Gasteiger partial charge in [0.1, 0.15) is 11.2 Å². The van der Waals surface area contributed by atoms with Gasteiger partial charge in [0.25, 0.3) is 0 Å². The molecule has 0 saturated carbocycles. The van der Waals surface area contributed by atoms with Crippen molar-refractivity contribution in [3.05, 3.63) is 190 Å². The van der Waals surface area contributed by atoms with Gasteiger partial charge in [-0.3, -0.25) is 4.79 Å². The Morgan fingerprint density at radius 1 is 0.419 bits per heavy atom. The summed E-state index contributed by atoms with van der Waals surface area (Å²) in [6.45, 7) is 0. The van der Waals surface area contributed by atoms with Crippen LogP contribution in [0.4, 0.5) is 11.4 Å². The van der Waals surface area contributed by atoms with Crippen LogP contribution >= 0.6 is 0 Å². The van der Waals surface area contributed by atoms with Crippen molar-refractivity contribution in [3.8, 4) is 0 Å². The Labute approximate surface area is 249 Å². The van der Waals surface area contributed by atoms with E-state index in [0.29, 0.717) is 33.3 Å². The molecule has 204 valence electrons. The predicted molar refractivity (Wildman–Crippen MR) is 176 cm³/mol. The lowest BCUT2D eigenvalue weighted by Crippen LogP contribution is -2.04. The third-order valence-electron chi connectivity index (χ3n) is 7.31. The Bertz CT molecular complexity index is 1930. The SMILES string of the molecule is O=c1c2ccc(N=C(c3ccccc3)c3ccccc3)cc2oc2cc(N=C(c3ccccc3)c3ccccc3)ccc12. The van der Waals surface area contributed by atoms with Gasteiger partial charge < -0.3 is 4.42 Å². The number of hydrogen-bond acceptors (Lipinski definition) is 4. The van der Waals surface area contributed by atoms with E-state index in [9.17, 15) is 4.79 Å². The topological polar surface area (TPSA) is 54.9 Å². The number of aliphatic imine (C=N–C) groups is 2. The molecule has 0 aliphatic heterocycles. The highest BCUT2D eigenvalue weighted by molar-refractivity contribution is 6.15. The molecule has 1 heterocycles. The first-order valence-corrected chi connectivity index (χ1v) is 14.1. The molecule has 0 unspecified atom stereocenters. The van der Waals surface area contributed by atoms with Crippen LogP contribution in [-0.4, -0.2) is 11.4 Å². The van der Waals surface area contributed by atoms with E-state index in [1.165, 1.54) is 0 Å². The molecule has 4 nitrogen and oxygen atoms in total. The second-order valence-electron chi connectivity index (χ2n) is 10.2. The summed E-state index contributed by atoms with van der Waals surface area (Å²) in [5.41, 5.74) is 7.97. The molecule has 0 aliphatic carbocycles. The van der Waals surface area contributed by atoms with E-state index in [1.54, 1.807) is 12.1 Å². The standard InChI is InChI=1S/C39H26N2O2/c42-39-33-23-21-31(40-37(27-13-5-1-6-14-27)28-15-7-2-8-16-28)25-35(33)43-36-26-32(22-24-34(36)39)41-38(29-17-9-3-10-18-29)30-19-11-4-12-20-30/h1-26H. The highest BCUT2D eigenvalue weighted by Crippen LogP contribution is 2.28. The van der Waals surface area contributed by atoms with Crippen LogP contribution in [0.2, 0.25) is 0 Å². The summed E-state index contributed by atoms with van der Waals surface area (Å²) in [6, 6.07) is 51.3. The molecular formula is C39H26N2O2. The van der Waals surface area contributed by atoms with Crippen LogP contribution in [0.25, 0.3) is 21.9 Å². The van der Waals surface area contributed by atoms with Crippen LogP contribution in [0.1, 0.15) is 22.3 Å². The Balaban J connectivity index is 1.35. The van der Waals surface area contributed by atoms with Crippen LogP contribution in [0, 0.1) is 0 Å². The van der Waals surface area contributed by atoms with Crippen LogP contribution in [0.5, 0.6) is 0 Å². The van der Waals surface area contributed by atoms with Gasteiger partial charge in [-0.25, -0.2) is 9.98 Å². The van der Waals surface area contributed by atoms with Gasteiger partial charge in [0.05, 0.1) is 33.6 Å². The fourth-order valence-corrected chi connectivity index (χ4v) is 5.20. The maximum Gasteiger partial charge on any atom is 0.200 e. The molecule has 1 aromatic heterocycles. The molecule has 0 amide bonds. The van der Waals surface area contributed by atoms with Crippen LogP contribution in [0.3, 0.4) is 0 Å².